The van der Waals surface area contributed by atoms with Crippen molar-refractivity contribution >= 4 is 29.4 Å². The van der Waals surface area contributed by atoms with E-state index in [9.17, 15) is 24.0 Å². The van der Waals surface area contributed by atoms with Crippen molar-refractivity contribution in [2.75, 3.05) is 13.1 Å². The Balaban J connectivity index is 0.00000177. The Kier molecular flexibility index (Phi) is 14.0. The summed E-state index contributed by atoms with van der Waals surface area (Å²) in [5.74, 6) is -2.67. The maximum absolute atomic E-state index is 14.1. The van der Waals surface area contributed by atoms with Gasteiger partial charge >= 0.3 is 0 Å². The van der Waals surface area contributed by atoms with Crippen molar-refractivity contribution in [3.63, 3.8) is 0 Å². The molecule has 0 spiro atoms. The number of likely N-dealkylation sites (tertiary alicyclic amines) is 1. The lowest BCUT2D eigenvalue weighted by Gasteiger charge is -2.32. The molecule has 9 nitrogen and oxygen atoms in total. The van der Waals surface area contributed by atoms with Crippen LogP contribution in [-0.4, -0.2) is 65.5 Å². The number of hydrogen-bond donors (Lipinski definition) is 3. The molecule has 0 aromatic heterocycles. The second kappa shape index (κ2) is 17.9. The van der Waals surface area contributed by atoms with Crippen molar-refractivity contribution in [1.82, 2.24) is 20.9 Å². The Bertz CT molecular complexity index is 1300. The topological polar surface area (TPSA) is 125 Å². The van der Waals surface area contributed by atoms with E-state index >= 15 is 0 Å². The maximum atomic E-state index is 14.1. The quantitative estimate of drug-likeness (QED) is 0.234. The number of nitrogens with zero attached hydrogens (tertiary/aromatic N) is 1. The molecule has 2 aliphatic rings. The average molecular weight is 617 g/mol. The molecule has 4 rings (SSSR count). The van der Waals surface area contributed by atoms with Crippen molar-refractivity contribution in [1.29, 1.82) is 0 Å². The third-order valence-electron chi connectivity index (χ3n) is 8.02. The summed E-state index contributed by atoms with van der Waals surface area (Å²) in [6, 6.07) is 14.8. The number of fused-ring (bicyclic) bond motifs is 1. The van der Waals surface area contributed by atoms with Crippen molar-refractivity contribution in [3.05, 3.63) is 83.9 Å². The van der Waals surface area contributed by atoms with Crippen LogP contribution in [0.2, 0.25) is 0 Å². The van der Waals surface area contributed by atoms with E-state index in [1.165, 1.54) is 17.4 Å². The minimum Gasteiger partial charge on any atom is -0.346 e. The van der Waals surface area contributed by atoms with Crippen LogP contribution in [-0.2, 0) is 43.2 Å². The lowest BCUT2D eigenvalue weighted by atomic mass is 9.94. The molecule has 1 heterocycles. The van der Waals surface area contributed by atoms with Gasteiger partial charge in [0.15, 0.2) is 0 Å². The number of benzene rings is 2. The second-order valence-electron chi connectivity index (χ2n) is 11.8. The first-order valence-corrected chi connectivity index (χ1v) is 16.2. The van der Waals surface area contributed by atoms with Gasteiger partial charge in [0.05, 0.1) is 12.5 Å². The molecule has 242 valence electrons. The summed E-state index contributed by atoms with van der Waals surface area (Å²) in [7, 11) is 0. The van der Waals surface area contributed by atoms with Gasteiger partial charge < -0.3 is 20.9 Å². The summed E-state index contributed by atoms with van der Waals surface area (Å²) < 4.78 is 0. The normalized spacial score (nSPS) is 16.8. The van der Waals surface area contributed by atoms with Crippen molar-refractivity contribution < 1.29 is 24.0 Å². The molecule has 45 heavy (non-hydrogen) atoms. The molecular formula is C36H48N4O5. The molecule has 2 aromatic rings. The summed E-state index contributed by atoms with van der Waals surface area (Å²) in [5, 5.41) is 8.22. The molecule has 2 aromatic carbocycles. The first kappa shape index (κ1) is 35.2. The number of hydrogen-bond acceptors (Lipinski definition) is 5. The molecule has 0 radical (unpaired) electrons. The maximum Gasteiger partial charge on any atom is 0.289 e. The van der Waals surface area contributed by atoms with Crippen molar-refractivity contribution in [2.45, 2.75) is 90.3 Å². The Morgan fingerprint density at radius 2 is 1.56 bits per heavy atom. The molecule has 0 bridgehead atoms. The van der Waals surface area contributed by atoms with E-state index in [1.807, 2.05) is 61.5 Å². The predicted molar refractivity (Wildman–Crippen MR) is 175 cm³/mol. The largest absolute Gasteiger partial charge is 0.346 e. The fourth-order valence-electron chi connectivity index (χ4n) is 5.93. The Hall–Kier alpha value is -4.27. The van der Waals surface area contributed by atoms with Gasteiger partial charge in [-0.1, -0.05) is 94.3 Å². The summed E-state index contributed by atoms with van der Waals surface area (Å²) in [5.41, 5.74) is 3.16. The highest BCUT2D eigenvalue weighted by Crippen LogP contribution is 2.31. The van der Waals surface area contributed by atoms with Gasteiger partial charge in [-0.25, -0.2) is 0 Å². The lowest BCUT2D eigenvalue weighted by Crippen LogP contribution is -2.58. The van der Waals surface area contributed by atoms with E-state index in [-0.39, 0.29) is 30.7 Å². The van der Waals surface area contributed by atoms with Crippen LogP contribution in [0.1, 0.15) is 69.6 Å². The monoisotopic (exact) mass is 616 g/mol. The van der Waals surface area contributed by atoms with Crippen LogP contribution < -0.4 is 16.0 Å². The van der Waals surface area contributed by atoms with Gasteiger partial charge in [-0.05, 0) is 54.7 Å². The van der Waals surface area contributed by atoms with Gasteiger partial charge in [0.25, 0.3) is 5.91 Å². The summed E-state index contributed by atoms with van der Waals surface area (Å²) >= 11 is 0. The molecule has 1 fully saturated rings. The standard InChI is InChI=1S/C33H40N4O5.C3H8/c1-3-11-26(30(39)32(41)34-17-4-2)35-31(40)27-16-10-18-37(27)33(42)29(25-20-23-14-8-9-15-24(23)21-25)36-28(38)19-22-12-6-5-7-13-22;1-3-2/h4-9,12-15,25-27,29H,2-3,10-11,16-21H2,1H3,(H,34,41)(H,35,40)(H,36,38);3H2,1-2H3/t26?,27-,29-;/m0./s1. The number of ketones is 1. The van der Waals surface area contributed by atoms with Gasteiger partial charge in [-0.15, -0.1) is 6.58 Å². The highest BCUT2D eigenvalue weighted by atomic mass is 16.2. The highest BCUT2D eigenvalue weighted by Gasteiger charge is 2.42. The predicted octanol–water partition coefficient (Wildman–Crippen LogP) is 3.69. The minimum atomic E-state index is -0.990. The SMILES string of the molecule is C=CCNC(=O)C(=O)C(CCC)NC(=O)[C@@H]1CCCN1C(=O)[C@@H](NC(=O)Cc1ccccc1)C1Cc2ccccc2C1.CCC. The van der Waals surface area contributed by atoms with E-state index in [0.717, 1.165) is 16.7 Å². The lowest BCUT2D eigenvalue weighted by molar-refractivity contribution is -0.144. The third-order valence-corrected chi connectivity index (χ3v) is 8.02. The van der Waals surface area contributed by atoms with Gasteiger partial charge in [0.1, 0.15) is 12.1 Å². The van der Waals surface area contributed by atoms with E-state index in [0.29, 0.717) is 45.1 Å². The van der Waals surface area contributed by atoms with Crippen LogP contribution in [0.4, 0.5) is 0 Å². The van der Waals surface area contributed by atoms with Crippen LogP contribution in [0.25, 0.3) is 0 Å². The van der Waals surface area contributed by atoms with E-state index in [1.54, 1.807) is 0 Å². The van der Waals surface area contributed by atoms with Gasteiger partial charge in [0.2, 0.25) is 23.5 Å². The minimum absolute atomic E-state index is 0.142. The fourth-order valence-corrected chi connectivity index (χ4v) is 5.93. The van der Waals surface area contributed by atoms with Crippen LogP contribution >= 0.6 is 0 Å². The summed E-state index contributed by atoms with van der Waals surface area (Å²) in [6.07, 6.45) is 6.09. The molecule has 0 saturated carbocycles. The number of carbonyl (C=O) groups excluding carboxylic acids is 5. The molecule has 1 aliphatic heterocycles. The van der Waals surface area contributed by atoms with Crippen LogP contribution in [0.5, 0.6) is 0 Å². The average Bonchev–Trinajstić information content (AvgIpc) is 3.70. The van der Waals surface area contributed by atoms with Crippen molar-refractivity contribution in [2.24, 2.45) is 5.92 Å². The van der Waals surface area contributed by atoms with E-state index in [2.05, 4.69) is 36.4 Å². The number of nitrogens with one attached hydrogen (secondary N) is 3. The summed E-state index contributed by atoms with van der Waals surface area (Å²) in [4.78, 5) is 67.4. The third kappa shape index (κ3) is 9.86. The molecule has 9 heteroatoms. The Labute approximate surface area is 267 Å². The molecule has 3 N–H and O–H groups in total. The van der Waals surface area contributed by atoms with Crippen molar-refractivity contribution in [3.8, 4) is 0 Å². The molecule has 3 atom stereocenters. The zero-order chi connectivity index (χ0) is 32.8. The Morgan fingerprint density at radius 3 is 2.16 bits per heavy atom. The van der Waals surface area contributed by atoms with Crippen LogP contribution in [0.15, 0.2) is 67.3 Å². The second-order valence-corrected chi connectivity index (χ2v) is 11.8. The zero-order valence-corrected chi connectivity index (χ0v) is 26.8. The van der Waals surface area contributed by atoms with Gasteiger partial charge in [-0.3, -0.25) is 24.0 Å². The van der Waals surface area contributed by atoms with Crippen LogP contribution in [0.3, 0.4) is 0 Å². The first-order chi connectivity index (χ1) is 21.7. The molecular weight excluding hydrogens is 568 g/mol. The number of amides is 4. The Morgan fingerprint density at radius 1 is 0.933 bits per heavy atom. The number of Topliss-reactive ketones (excluding diaryl/α,β-unsaturated/α-hetero) is 1. The summed E-state index contributed by atoms with van der Waals surface area (Å²) in [6.45, 7) is 10.2. The molecule has 1 unspecified atom stereocenters. The number of rotatable bonds is 13. The van der Waals surface area contributed by atoms with Gasteiger partial charge in [-0.2, -0.15) is 0 Å². The zero-order valence-electron chi connectivity index (χ0n) is 26.8. The molecule has 4 amide bonds. The number of carbonyl (C=O) groups is 5. The molecule has 1 aliphatic carbocycles. The smallest absolute Gasteiger partial charge is 0.289 e. The fraction of sp³-hybridized carbons (Fsp3) is 0.472. The highest BCUT2D eigenvalue weighted by molar-refractivity contribution is 6.38. The van der Waals surface area contributed by atoms with Gasteiger partial charge in [0, 0.05) is 13.1 Å². The molecule has 1 saturated heterocycles. The van der Waals surface area contributed by atoms with E-state index in [4.69, 9.17) is 0 Å². The first-order valence-electron chi connectivity index (χ1n) is 16.2. The van der Waals surface area contributed by atoms with Crippen LogP contribution in [0, 0.1) is 5.92 Å². The van der Waals surface area contributed by atoms with E-state index < -0.39 is 35.7 Å².